The van der Waals surface area contributed by atoms with Crippen LogP contribution in [-0.2, 0) is 0 Å². The standard InChI is InChI=1S/C15H19BrFNO/c1-11-6-7-12(10-14(11)17)15(19)18-9-3-5-13(18)4-2-8-16/h6-7,10,13H,2-5,8-9H2,1H3. The Hall–Kier alpha value is -0.900. The first-order valence-corrected chi connectivity index (χ1v) is 7.88. The van der Waals surface area contributed by atoms with E-state index in [2.05, 4.69) is 15.9 Å². The zero-order valence-electron chi connectivity index (χ0n) is 11.2. The monoisotopic (exact) mass is 327 g/mol. The van der Waals surface area contributed by atoms with Gasteiger partial charge in [0.25, 0.3) is 5.91 Å². The van der Waals surface area contributed by atoms with Crippen LogP contribution in [0, 0.1) is 12.7 Å². The molecule has 1 aromatic rings. The highest BCUT2D eigenvalue weighted by molar-refractivity contribution is 9.09. The summed E-state index contributed by atoms with van der Waals surface area (Å²) in [5.41, 5.74) is 1.04. The van der Waals surface area contributed by atoms with Crippen LogP contribution in [0.5, 0.6) is 0 Å². The van der Waals surface area contributed by atoms with Gasteiger partial charge < -0.3 is 4.90 Å². The summed E-state index contributed by atoms with van der Waals surface area (Å²) < 4.78 is 13.5. The van der Waals surface area contributed by atoms with E-state index in [9.17, 15) is 9.18 Å². The Morgan fingerprint density at radius 1 is 1.53 bits per heavy atom. The van der Waals surface area contributed by atoms with E-state index in [-0.39, 0.29) is 11.7 Å². The molecule has 4 heteroatoms. The third-order valence-corrected chi connectivity index (χ3v) is 4.29. The van der Waals surface area contributed by atoms with E-state index >= 15 is 0 Å². The van der Waals surface area contributed by atoms with Gasteiger partial charge in [-0.1, -0.05) is 22.0 Å². The van der Waals surface area contributed by atoms with Crippen LogP contribution in [-0.4, -0.2) is 28.7 Å². The Labute approximate surface area is 122 Å². The number of halogens is 2. The molecule has 0 radical (unpaired) electrons. The van der Waals surface area contributed by atoms with Gasteiger partial charge in [0.1, 0.15) is 5.82 Å². The van der Waals surface area contributed by atoms with E-state index in [1.54, 1.807) is 19.1 Å². The van der Waals surface area contributed by atoms with Gasteiger partial charge in [0.15, 0.2) is 0 Å². The molecule has 2 rings (SSSR count). The van der Waals surface area contributed by atoms with Crippen molar-refractivity contribution in [3.8, 4) is 0 Å². The van der Waals surface area contributed by atoms with Crippen LogP contribution in [0.1, 0.15) is 41.6 Å². The lowest BCUT2D eigenvalue weighted by molar-refractivity contribution is 0.0730. The number of likely N-dealkylation sites (tertiary alicyclic amines) is 1. The first-order chi connectivity index (χ1) is 9.13. The van der Waals surface area contributed by atoms with Gasteiger partial charge in [0, 0.05) is 23.5 Å². The van der Waals surface area contributed by atoms with Gasteiger partial charge in [0.05, 0.1) is 0 Å². The van der Waals surface area contributed by atoms with Crippen LogP contribution in [0.3, 0.4) is 0 Å². The van der Waals surface area contributed by atoms with Crippen LogP contribution in [0.2, 0.25) is 0 Å². The van der Waals surface area contributed by atoms with Crippen molar-refractivity contribution in [1.82, 2.24) is 4.90 Å². The molecule has 1 saturated heterocycles. The predicted octanol–water partition coefficient (Wildman–Crippen LogP) is 3.91. The third kappa shape index (κ3) is 3.35. The van der Waals surface area contributed by atoms with Crippen molar-refractivity contribution in [2.24, 2.45) is 0 Å². The fourth-order valence-corrected chi connectivity index (χ4v) is 2.93. The molecule has 0 spiro atoms. The highest BCUT2D eigenvalue weighted by Gasteiger charge is 2.29. The fraction of sp³-hybridized carbons (Fsp3) is 0.533. The van der Waals surface area contributed by atoms with E-state index in [1.807, 2.05) is 4.90 Å². The number of carbonyl (C=O) groups is 1. The SMILES string of the molecule is Cc1ccc(C(=O)N2CCCC2CCCBr)cc1F. The van der Waals surface area contributed by atoms with Crippen molar-refractivity contribution in [3.63, 3.8) is 0 Å². The van der Waals surface area contributed by atoms with Gasteiger partial charge in [-0.3, -0.25) is 4.79 Å². The molecular formula is C15H19BrFNO. The second-order valence-electron chi connectivity index (χ2n) is 5.09. The van der Waals surface area contributed by atoms with E-state index in [0.717, 1.165) is 37.6 Å². The van der Waals surface area contributed by atoms with Crippen molar-refractivity contribution in [3.05, 3.63) is 35.1 Å². The molecule has 1 aliphatic heterocycles. The van der Waals surface area contributed by atoms with E-state index < -0.39 is 0 Å². The maximum absolute atomic E-state index is 13.5. The number of benzene rings is 1. The van der Waals surface area contributed by atoms with Crippen LogP contribution in [0.15, 0.2) is 18.2 Å². The first-order valence-electron chi connectivity index (χ1n) is 6.76. The second kappa shape index (κ2) is 6.51. The molecule has 0 N–H and O–H groups in total. The predicted molar refractivity (Wildman–Crippen MR) is 78.2 cm³/mol. The maximum atomic E-state index is 13.5. The molecule has 1 unspecified atom stereocenters. The van der Waals surface area contributed by atoms with Gasteiger partial charge in [-0.15, -0.1) is 0 Å². The molecule has 0 aromatic heterocycles. The summed E-state index contributed by atoms with van der Waals surface area (Å²) in [6.45, 7) is 2.50. The number of hydrogen-bond donors (Lipinski definition) is 0. The highest BCUT2D eigenvalue weighted by Crippen LogP contribution is 2.24. The van der Waals surface area contributed by atoms with Gasteiger partial charge in [-0.05, 0) is 50.3 Å². The Morgan fingerprint density at radius 3 is 3.00 bits per heavy atom. The number of aryl methyl sites for hydroxylation is 1. The summed E-state index contributed by atoms with van der Waals surface area (Å²) in [7, 11) is 0. The lowest BCUT2D eigenvalue weighted by Gasteiger charge is -2.24. The van der Waals surface area contributed by atoms with Gasteiger partial charge in [0.2, 0.25) is 0 Å². The Bertz CT molecular complexity index is 463. The summed E-state index contributed by atoms with van der Waals surface area (Å²) in [4.78, 5) is 14.3. The minimum Gasteiger partial charge on any atom is -0.336 e. The lowest BCUT2D eigenvalue weighted by Crippen LogP contribution is -2.35. The third-order valence-electron chi connectivity index (χ3n) is 3.73. The van der Waals surface area contributed by atoms with Crippen LogP contribution >= 0.6 is 15.9 Å². The van der Waals surface area contributed by atoms with E-state index in [4.69, 9.17) is 0 Å². The second-order valence-corrected chi connectivity index (χ2v) is 5.88. The van der Waals surface area contributed by atoms with Crippen molar-refractivity contribution in [2.45, 2.75) is 38.6 Å². The molecular weight excluding hydrogens is 309 g/mol. The summed E-state index contributed by atoms with van der Waals surface area (Å²) in [6, 6.07) is 5.07. The molecule has 1 heterocycles. The van der Waals surface area contributed by atoms with E-state index in [0.29, 0.717) is 17.2 Å². The van der Waals surface area contributed by atoms with Crippen LogP contribution in [0.25, 0.3) is 0 Å². The molecule has 1 fully saturated rings. The summed E-state index contributed by atoms with van der Waals surface area (Å²) in [5.74, 6) is -0.335. The molecule has 2 nitrogen and oxygen atoms in total. The van der Waals surface area contributed by atoms with Gasteiger partial charge >= 0.3 is 0 Å². The average Bonchev–Trinajstić information content (AvgIpc) is 2.87. The zero-order chi connectivity index (χ0) is 13.8. The summed E-state index contributed by atoms with van der Waals surface area (Å²) >= 11 is 3.42. The number of alkyl halides is 1. The summed E-state index contributed by atoms with van der Waals surface area (Å²) in [5, 5.41) is 0.963. The molecule has 0 bridgehead atoms. The average molecular weight is 328 g/mol. The van der Waals surface area contributed by atoms with E-state index in [1.165, 1.54) is 6.07 Å². The molecule has 1 aromatic carbocycles. The largest absolute Gasteiger partial charge is 0.336 e. The minimum absolute atomic E-state index is 0.0315. The smallest absolute Gasteiger partial charge is 0.254 e. The Morgan fingerprint density at radius 2 is 2.32 bits per heavy atom. The number of amides is 1. The molecule has 0 aliphatic carbocycles. The first kappa shape index (κ1) is 14.5. The fourth-order valence-electron chi connectivity index (χ4n) is 2.61. The minimum atomic E-state index is -0.304. The number of nitrogens with zero attached hydrogens (tertiary/aromatic N) is 1. The number of hydrogen-bond acceptors (Lipinski definition) is 1. The Balaban J connectivity index is 2.11. The summed E-state index contributed by atoms with van der Waals surface area (Å²) in [6.07, 6.45) is 4.20. The number of rotatable bonds is 4. The lowest BCUT2D eigenvalue weighted by atomic mass is 10.1. The molecule has 1 aliphatic rings. The molecule has 19 heavy (non-hydrogen) atoms. The normalized spacial score (nSPS) is 18.9. The Kier molecular flexibility index (Phi) is 4.97. The number of carbonyl (C=O) groups excluding carboxylic acids is 1. The van der Waals surface area contributed by atoms with Crippen molar-refractivity contribution in [2.75, 3.05) is 11.9 Å². The van der Waals surface area contributed by atoms with Crippen molar-refractivity contribution < 1.29 is 9.18 Å². The molecule has 1 atom stereocenters. The quantitative estimate of drug-likeness (QED) is 0.768. The molecule has 0 saturated carbocycles. The molecule has 104 valence electrons. The van der Waals surface area contributed by atoms with Crippen molar-refractivity contribution >= 4 is 21.8 Å². The van der Waals surface area contributed by atoms with Gasteiger partial charge in [-0.2, -0.15) is 0 Å². The zero-order valence-corrected chi connectivity index (χ0v) is 12.7. The molecule has 1 amide bonds. The topological polar surface area (TPSA) is 20.3 Å². The highest BCUT2D eigenvalue weighted by atomic mass is 79.9. The van der Waals surface area contributed by atoms with Crippen LogP contribution in [0.4, 0.5) is 4.39 Å². The maximum Gasteiger partial charge on any atom is 0.254 e. The van der Waals surface area contributed by atoms with Crippen LogP contribution < -0.4 is 0 Å². The van der Waals surface area contributed by atoms with Gasteiger partial charge in [-0.25, -0.2) is 4.39 Å². The van der Waals surface area contributed by atoms with Crippen molar-refractivity contribution in [1.29, 1.82) is 0 Å².